The number of pyridine rings is 1. The fourth-order valence-electron chi connectivity index (χ4n) is 3.39. The minimum atomic E-state index is -0.713. The molecule has 6 N–H and O–H groups in total. The molecule has 1 aromatic heterocycles. The lowest BCUT2D eigenvalue weighted by Crippen LogP contribution is -2.32. The summed E-state index contributed by atoms with van der Waals surface area (Å²) in [6.45, 7) is -0.288. The maximum atomic E-state index is 13.8. The Kier molecular flexibility index (Phi) is 5.62. The van der Waals surface area contributed by atoms with Crippen LogP contribution in [-0.4, -0.2) is 10.9 Å². The highest BCUT2D eigenvalue weighted by Crippen LogP contribution is 2.40. The number of nitrogens with two attached hydrogens (primary N) is 2. The Morgan fingerprint density at radius 1 is 1.09 bits per heavy atom. The summed E-state index contributed by atoms with van der Waals surface area (Å²) in [7, 11) is 0. The summed E-state index contributed by atoms with van der Waals surface area (Å²) in [4.78, 5) is 8.65. The molecule has 9 nitrogen and oxygen atoms in total. The molecule has 2 heterocycles. The van der Waals surface area contributed by atoms with Crippen LogP contribution in [-0.2, 0) is 6.61 Å². The minimum Gasteiger partial charge on any atom is -0.489 e. The molecule has 0 bridgehead atoms. The van der Waals surface area contributed by atoms with E-state index in [9.17, 15) is 14.0 Å². The van der Waals surface area contributed by atoms with E-state index in [4.69, 9.17) is 21.5 Å². The molecule has 0 amide bonds. The summed E-state index contributed by atoms with van der Waals surface area (Å²) < 4.78 is 33.1. The largest absolute Gasteiger partial charge is 0.489 e. The van der Waals surface area contributed by atoms with Crippen LogP contribution in [0.3, 0.4) is 0 Å². The molecular weight excluding hydrogens is 430 g/mol. The predicted molar refractivity (Wildman–Crippen MR) is 117 cm³/mol. The van der Waals surface area contributed by atoms with Gasteiger partial charge in [0.15, 0.2) is 6.19 Å². The first-order chi connectivity index (χ1) is 15.9. The molecule has 3 aromatic rings. The highest BCUT2D eigenvalue weighted by atomic mass is 19.1. The topological polar surface area (TPSA) is 158 Å². The van der Waals surface area contributed by atoms with Gasteiger partial charge in [0, 0.05) is 5.56 Å². The Morgan fingerprint density at radius 3 is 2.42 bits per heavy atom. The molecule has 4 rings (SSSR count). The van der Waals surface area contributed by atoms with E-state index in [2.05, 4.69) is 20.6 Å². The predicted octanol–water partition coefficient (Wildman–Crippen LogP) is 2.92. The molecule has 0 fully saturated rings. The monoisotopic (exact) mass is 446 g/mol. The summed E-state index contributed by atoms with van der Waals surface area (Å²) in [5.74, 6) is -0.683. The van der Waals surface area contributed by atoms with Crippen molar-refractivity contribution >= 4 is 23.3 Å². The van der Waals surface area contributed by atoms with Crippen LogP contribution in [0.5, 0.6) is 5.75 Å². The van der Waals surface area contributed by atoms with Crippen molar-refractivity contribution in [3.63, 3.8) is 0 Å². The Bertz CT molecular complexity index is 1320. The van der Waals surface area contributed by atoms with Crippen molar-refractivity contribution in [1.29, 1.82) is 10.5 Å². The second-order valence-corrected chi connectivity index (χ2v) is 6.96. The quantitative estimate of drug-likeness (QED) is 0.352. The number of guanidine groups is 1. The maximum absolute atomic E-state index is 13.8. The molecule has 1 aliphatic rings. The van der Waals surface area contributed by atoms with Crippen LogP contribution in [0, 0.1) is 34.4 Å². The van der Waals surface area contributed by atoms with E-state index in [1.54, 1.807) is 30.5 Å². The SMILES string of the molecule is N#CNC1=NC(c2ccc(OCc3c(F)cccc3F)cc2)c2c(nc(N)c(C#N)c2N)N1. The molecule has 1 unspecified atom stereocenters. The summed E-state index contributed by atoms with van der Waals surface area (Å²) >= 11 is 0. The normalized spacial score (nSPS) is 14.2. The van der Waals surface area contributed by atoms with E-state index in [0.29, 0.717) is 16.9 Å². The first-order valence-corrected chi connectivity index (χ1v) is 9.57. The average molecular weight is 446 g/mol. The number of aromatic nitrogens is 1. The van der Waals surface area contributed by atoms with Crippen molar-refractivity contribution in [1.82, 2.24) is 10.3 Å². The zero-order chi connectivity index (χ0) is 23.5. The third-order valence-electron chi connectivity index (χ3n) is 5.00. The Balaban J connectivity index is 1.66. The molecule has 0 saturated heterocycles. The van der Waals surface area contributed by atoms with Gasteiger partial charge in [-0.15, -0.1) is 0 Å². The fourth-order valence-corrected chi connectivity index (χ4v) is 3.39. The van der Waals surface area contributed by atoms with Gasteiger partial charge in [0.05, 0.1) is 11.3 Å². The van der Waals surface area contributed by atoms with Crippen LogP contribution in [0.25, 0.3) is 0 Å². The Hall–Kier alpha value is -4.90. The van der Waals surface area contributed by atoms with E-state index in [0.717, 1.165) is 12.1 Å². The van der Waals surface area contributed by atoms with E-state index in [1.807, 2.05) is 6.07 Å². The van der Waals surface area contributed by atoms with Crippen molar-refractivity contribution in [2.24, 2.45) is 4.99 Å². The van der Waals surface area contributed by atoms with Crippen molar-refractivity contribution in [3.8, 4) is 18.0 Å². The highest BCUT2D eigenvalue weighted by molar-refractivity contribution is 5.98. The number of anilines is 3. The lowest BCUT2D eigenvalue weighted by molar-refractivity contribution is 0.292. The van der Waals surface area contributed by atoms with Gasteiger partial charge in [-0.1, -0.05) is 18.2 Å². The van der Waals surface area contributed by atoms with Gasteiger partial charge < -0.3 is 21.5 Å². The minimum absolute atomic E-state index is 0.0271. The molecule has 1 aliphatic heterocycles. The average Bonchev–Trinajstić information content (AvgIpc) is 2.79. The van der Waals surface area contributed by atoms with Crippen molar-refractivity contribution < 1.29 is 13.5 Å². The zero-order valence-corrected chi connectivity index (χ0v) is 16.9. The second kappa shape index (κ2) is 8.69. The highest BCUT2D eigenvalue weighted by Gasteiger charge is 2.29. The standard InChI is InChI=1S/C22H16F2N8O/c23-15-2-1-3-16(24)14(15)9-33-12-6-4-11(5-7-12)19-17-18(27)13(8-25)20(28)31-21(17)32-22(30-19)29-10-26/h1-7,19H,9H2,(H6,27,28,29,30,31,32). The first kappa shape index (κ1) is 21.3. The molecule has 0 aliphatic carbocycles. The number of fused-ring (bicyclic) bond motifs is 1. The number of halogens is 2. The summed E-state index contributed by atoms with van der Waals surface area (Å²) in [6, 6.07) is 11.4. The van der Waals surface area contributed by atoms with E-state index >= 15 is 0 Å². The zero-order valence-electron chi connectivity index (χ0n) is 16.9. The second-order valence-electron chi connectivity index (χ2n) is 6.96. The van der Waals surface area contributed by atoms with E-state index in [1.165, 1.54) is 6.07 Å². The smallest absolute Gasteiger partial charge is 0.211 e. The van der Waals surface area contributed by atoms with Gasteiger partial charge in [-0.05, 0) is 29.8 Å². The summed E-state index contributed by atoms with van der Waals surface area (Å²) in [5, 5.41) is 23.6. The number of nitrogen functional groups attached to an aromatic ring is 2. The van der Waals surface area contributed by atoms with Crippen LogP contribution >= 0.6 is 0 Å². The summed E-state index contributed by atoms with van der Waals surface area (Å²) in [5.41, 5.74) is 13.1. The fraction of sp³-hybridized carbons (Fsp3) is 0.0909. The van der Waals surface area contributed by atoms with Gasteiger partial charge in [0.2, 0.25) is 5.96 Å². The molecule has 0 saturated carbocycles. The number of rotatable bonds is 4. The molecule has 0 radical (unpaired) electrons. The van der Waals surface area contributed by atoms with E-state index < -0.39 is 17.7 Å². The molecule has 2 aromatic carbocycles. The van der Waals surface area contributed by atoms with Crippen molar-refractivity contribution in [2.75, 3.05) is 16.8 Å². The van der Waals surface area contributed by atoms with Crippen molar-refractivity contribution in [2.45, 2.75) is 12.6 Å². The molecule has 11 heteroatoms. The lowest BCUT2D eigenvalue weighted by atomic mass is 9.95. The van der Waals surface area contributed by atoms with Crippen LogP contribution in [0.2, 0.25) is 0 Å². The van der Waals surface area contributed by atoms with Gasteiger partial charge >= 0.3 is 0 Å². The van der Waals surface area contributed by atoms with Crippen LogP contribution in [0.1, 0.15) is 28.3 Å². The van der Waals surface area contributed by atoms with Crippen LogP contribution in [0.4, 0.5) is 26.1 Å². The van der Waals surface area contributed by atoms with Gasteiger partial charge in [-0.2, -0.15) is 10.5 Å². The van der Waals surface area contributed by atoms with Gasteiger partial charge in [-0.25, -0.2) is 18.8 Å². The Labute approximate surface area is 186 Å². The number of aliphatic imine (C=N–C) groups is 1. The molecular formula is C22H16F2N8O. The summed E-state index contributed by atoms with van der Waals surface area (Å²) in [6.07, 6.45) is 1.78. The first-order valence-electron chi connectivity index (χ1n) is 9.57. The van der Waals surface area contributed by atoms with Gasteiger partial charge in [-0.3, -0.25) is 5.32 Å². The number of nitrogens with zero attached hydrogens (tertiary/aromatic N) is 4. The van der Waals surface area contributed by atoms with Gasteiger partial charge in [0.25, 0.3) is 0 Å². The number of hydrogen-bond donors (Lipinski definition) is 4. The number of nitriles is 2. The van der Waals surface area contributed by atoms with E-state index in [-0.39, 0.29) is 41.0 Å². The molecule has 1 atom stereocenters. The number of hydrogen-bond acceptors (Lipinski definition) is 9. The van der Waals surface area contributed by atoms with Gasteiger partial charge in [0.1, 0.15) is 53.3 Å². The number of benzene rings is 2. The number of nitrogens with one attached hydrogen (secondary N) is 2. The third-order valence-corrected chi connectivity index (χ3v) is 5.00. The Morgan fingerprint density at radius 2 is 1.79 bits per heavy atom. The molecule has 33 heavy (non-hydrogen) atoms. The van der Waals surface area contributed by atoms with Crippen molar-refractivity contribution in [3.05, 3.63) is 76.4 Å². The van der Waals surface area contributed by atoms with Crippen LogP contribution in [0.15, 0.2) is 47.5 Å². The lowest BCUT2D eigenvalue weighted by Gasteiger charge is -2.26. The van der Waals surface area contributed by atoms with Crippen LogP contribution < -0.4 is 26.8 Å². The maximum Gasteiger partial charge on any atom is 0.211 e. The number of ether oxygens (including phenoxy) is 1. The molecule has 0 spiro atoms. The molecule has 164 valence electrons. The third kappa shape index (κ3) is 4.03.